The van der Waals surface area contributed by atoms with Crippen LogP contribution in [0.4, 0.5) is 0 Å². The number of para-hydroxylation sites is 1. The molecular weight excluding hydrogens is 365 g/mol. The molecule has 3 N–H and O–H groups in total. The standard InChI is InChI=1S/C20H22NO5P/c1-14(17-12-21-18-10-6-5-9-16(17)18)11-19(20(22)23)26-27(24,25)13-15-7-3-2-4-8-15/h2-10,12,14,19,21H,11,13H2,1H3,(H,22,23)(H,24,25). The summed E-state index contributed by atoms with van der Waals surface area (Å²) >= 11 is 0. The number of carboxylic acid groups (broad SMARTS) is 1. The second-order valence-corrected chi connectivity index (χ2v) is 8.44. The van der Waals surface area contributed by atoms with Crippen molar-refractivity contribution >= 4 is 24.5 Å². The lowest BCUT2D eigenvalue weighted by molar-refractivity contribution is -0.146. The molecule has 0 bridgehead atoms. The number of benzene rings is 2. The summed E-state index contributed by atoms with van der Waals surface area (Å²) in [4.78, 5) is 25.0. The van der Waals surface area contributed by atoms with Crippen molar-refractivity contribution in [2.24, 2.45) is 0 Å². The van der Waals surface area contributed by atoms with Crippen molar-refractivity contribution in [2.75, 3.05) is 0 Å². The van der Waals surface area contributed by atoms with Crippen LogP contribution in [0.1, 0.15) is 30.4 Å². The van der Waals surface area contributed by atoms with Gasteiger partial charge in [-0.25, -0.2) is 4.79 Å². The molecule has 2 aromatic carbocycles. The molecular formula is C20H22NO5P. The minimum atomic E-state index is -4.09. The maximum atomic E-state index is 12.4. The molecule has 142 valence electrons. The molecule has 0 amide bonds. The highest BCUT2D eigenvalue weighted by Gasteiger charge is 2.31. The van der Waals surface area contributed by atoms with Crippen LogP contribution in [0.2, 0.25) is 0 Å². The van der Waals surface area contributed by atoms with Crippen LogP contribution in [-0.4, -0.2) is 27.1 Å². The molecule has 0 aliphatic carbocycles. The fourth-order valence-electron chi connectivity index (χ4n) is 3.19. The number of aliphatic carboxylic acids is 1. The average molecular weight is 387 g/mol. The summed E-state index contributed by atoms with van der Waals surface area (Å²) in [6, 6.07) is 16.5. The topological polar surface area (TPSA) is 99.6 Å². The van der Waals surface area contributed by atoms with Crippen molar-refractivity contribution in [1.82, 2.24) is 4.98 Å². The maximum absolute atomic E-state index is 12.4. The van der Waals surface area contributed by atoms with Gasteiger partial charge < -0.3 is 15.0 Å². The van der Waals surface area contributed by atoms with Crippen LogP contribution in [0, 0.1) is 0 Å². The molecule has 0 radical (unpaired) electrons. The van der Waals surface area contributed by atoms with Crippen molar-refractivity contribution < 1.29 is 23.9 Å². The third kappa shape index (κ3) is 4.86. The fraction of sp³-hybridized carbons (Fsp3) is 0.250. The molecule has 0 aliphatic heterocycles. The van der Waals surface area contributed by atoms with E-state index >= 15 is 0 Å². The Bertz CT molecular complexity index is 969. The lowest BCUT2D eigenvalue weighted by Gasteiger charge is -2.21. The van der Waals surface area contributed by atoms with Crippen molar-refractivity contribution in [3.05, 3.63) is 71.9 Å². The molecule has 3 atom stereocenters. The fourth-order valence-corrected chi connectivity index (χ4v) is 4.51. The van der Waals surface area contributed by atoms with E-state index in [9.17, 15) is 19.4 Å². The molecule has 6 nitrogen and oxygen atoms in total. The largest absolute Gasteiger partial charge is 0.479 e. The van der Waals surface area contributed by atoms with Gasteiger partial charge in [0.15, 0.2) is 6.10 Å². The number of H-pyrrole nitrogens is 1. The van der Waals surface area contributed by atoms with Gasteiger partial charge in [-0.2, -0.15) is 0 Å². The Kier molecular flexibility index (Phi) is 5.80. The molecule has 0 spiro atoms. The van der Waals surface area contributed by atoms with Gasteiger partial charge >= 0.3 is 13.6 Å². The Balaban J connectivity index is 1.73. The number of carbonyl (C=O) groups is 1. The van der Waals surface area contributed by atoms with Gasteiger partial charge in [0, 0.05) is 17.1 Å². The van der Waals surface area contributed by atoms with E-state index in [1.165, 1.54) is 0 Å². The highest BCUT2D eigenvalue weighted by molar-refractivity contribution is 7.52. The van der Waals surface area contributed by atoms with E-state index in [-0.39, 0.29) is 18.5 Å². The van der Waals surface area contributed by atoms with Crippen LogP contribution in [0.5, 0.6) is 0 Å². The van der Waals surface area contributed by atoms with Crippen molar-refractivity contribution in [3.63, 3.8) is 0 Å². The van der Waals surface area contributed by atoms with Crippen LogP contribution in [-0.2, 0) is 20.0 Å². The predicted octanol–water partition coefficient (Wildman–Crippen LogP) is 4.52. The van der Waals surface area contributed by atoms with E-state index < -0.39 is 19.7 Å². The molecule has 0 saturated heterocycles. The van der Waals surface area contributed by atoms with Crippen molar-refractivity contribution in [1.29, 1.82) is 0 Å². The molecule has 3 unspecified atom stereocenters. The summed E-state index contributed by atoms with van der Waals surface area (Å²) in [6.45, 7) is 1.88. The summed E-state index contributed by atoms with van der Waals surface area (Å²) < 4.78 is 17.6. The van der Waals surface area contributed by atoms with Gasteiger partial charge in [0.25, 0.3) is 0 Å². The highest BCUT2D eigenvalue weighted by atomic mass is 31.2. The van der Waals surface area contributed by atoms with Gasteiger partial charge in [-0.3, -0.25) is 9.09 Å². The van der Waals surface area contributed by atoms with Gasteiger partial charge in [-0.15, -0.1) is 0 Å². The second-order valence-electron chi connectivity index (χ2n) is 6.64. The second kappa shape index (κ2) is 8.09. The minimum absolute atomic E-state index is 0.0938. The Morgan fingerprint density at radius 2 is 1.81 bits per heavy atom. The summed E-state index contributed by atoms with van der Waals surface area (Å²) in [5.41, 5.74) is 2.54. The van der Waals surface area contributed by atoms with E-state index in [1.54, 1.807) is 30.3 Å². The van der Waals surface area contributed by atoms with E-state index in [0.717, 1.165) is 16.5 Å². The Morgan fingerprint density at radius 1 is 1.15 bits per heavy atom. The monoisotopic (exact) mass is 387 g/mol. The Morgan fingerprint density at radius 3 is 2.52 bits per heavy atom. The average Bonchev–Trinajstić information content (AvgIpc) is 3.05. The molecule has 3 aromatic rings. The van der Waals surface area contributed by atoms with Crippen molar-refractivity contribution in [2.45, 2.75) is 31.5 Å². The first-order valence-corrected chi connectivity index (χ1v) is 10.4. The smallest absolute Gasteiger partial charge is 0.333 e. The van der Waals surface area contributed by atoms with E-state index in [2.05, 4.69) is 4.98 Å². The number of hydrogen-bond donors (Lipinski definition) is 3. The zero-order valence-electron chi connectivity index (χ0n) is 14.9. The molecule has 1 heterocycles. The predicted molar refractivity (Wildman–Crippen MR) is 104 cm³/mol. The first kappa shape index (κ1) is 19.4. The molecule has 0 fully saturated rings. The third-order valence-corrected chi connectivity index (χ3v) is 5.86. The van der Waals surface area contributed by atoms with Crippen LogP contribution in [0.25, 0.3) is 10.9 Å². The van der Waals surface area contributed by atoms with Crippen LogP contribution in [0.3, 0.4) is 0 Å². The van der Waals surface area contributed by atoms with Gasteiger partial charge in [0.05, 0.1) is 6.16 Å². The van der Waals surface area contributed by atoms with E-state index in [4.69, 9.17) is 4.52 Å². The summed E-state index contributed by atoms with van der Waals surface area (Å²) in [5.74, 6) is -1.41. The SMILES string of the molecule is CC(CC(OP(=O)(O)Cc1ccccc1)C(=O)O)c1c[nH]c2ccccc12. The first-order valence-electron chi connectivity index (χ1n) is 8.68. The van der Waals surface area contributed by atoms with Gasteiger partial charge in [-0.05, 0) is 29.5 Å². The van der Waals surface area contributed by atoms with Gasteiger partial charge in [0.1, 0.15) is 0 Å². The molecule has 27 heavy (non-hydrogen) atoms. The van der Waals surface area contributed by atoms with Gasteiger partial charge in [-0.1, -0.05) is 55.5 Å². The zero-order chi connectivity index (χ0) is 19.4. The van der Waals surface area contributed by atoms with Crippen molar-refractivity contribution in [3.8, 4) is 0 Å². The van der Waals surface area contributed by atoms with Crippen LogP contribution in [0.15, 0.2) is 60.8 Å². The van der Waals surface area contributed by atoms with E-state index in [0.29, 0.717) is 5.56 Å². The summed E-state index contributed by atoms with van der Waals surface area (Å²) in [6.07, 6.45) is 0.347. The zero-order valence-corrected chi connectivity index (χ0v) is 15.8. The summed E-state index contributed by atoms with van der Waals surface area (Å²) in [5, 5.41) is 10.5. The van der Waals surface area contributed by atoms with Gasteiger partial charge in [0.2, 0.25) is 0 Å². The third-order valence-electron chi connectivity index (χ3n) is 4.51. The molecule has 7 heteroatoms. The molecule has 3 rings (SSSR count). The number of carboxylic acids is 1. The van der Waals surface area contributed by atoms with E-state index in [1.807, 2.05) is 37.4 Å². The quantitative estimate of drug-likeness (QED) is 0.494. The van der Waals surface area contributed by atoms with Crippen LogP contribution >= 0.6 is 7.60 Å². The molecule has 0 aliphatic rings. The Labute approximate surface area is 157 Å². The number of aromatic nitrogens is 1. The summed E-state index contributed by atoms with van der Waals surface area (Å²) in [7, 11) is -4.09. The molecule has 0 saturated carbocycles. The normalized spacial score (nSPS) is 15.9. The highest BCUT2D eigenvalue weighted by Crippen LogP contribution is 2.48. The lowest BCUT2D eigenvalue weighted by atomic mass is 9.94. The number of nitrogens with one attached hydrogen (secondary N) is 1. The van der Waals surface area contributed by atoms with Crippen LogP contribution < -0.4 is 0 Å². The Hall–Kier alpha value is -2.40. The lowest BCUT2D eigenvalue weighted by Crippen LogP contribution is -2.25. The number of fused-ring (bicyclic) bond motifs is 1. The minimum Gasteiger partial charge on any atom is -0.479 e. The maximum Gasteiger partial charge on any atom is 0.333 e. The first-order chi connectivity index (χ1) is 12.9. The number of hydrogen-bond acceptors (Lipinski definition) is 3. The molecule has 1 aromatic heterocycles. The number of rotatable bonds is 8. The number of aromatic amines is 1.